The van der Waals surface area contributed by atoms with Crippen LogP contribution in [0.4, 0.5) is 10.5 Å². The molecule has 19 heavy (non-hydrogen) atoms. The maximum atomic E-state index is 11.6. The Hall–Kier alpha value is -2.29. The summed E-state index contributed by atoms with van der Waals surface area (Å²) in [7, 11) is 0. The highest BCUT2D eigenvalue weighted by molar-refractivity contribution is 5.91. The fourth-order valence-corrected chi connectivity index (χ4v) is 1.80. The first-order valence-corrected chi connectivity index (χ1v) is 6.39. The van der Waals surface area contributed by atoms with Gasteiger partial charge in [-0.3, -0.25) is 5.32 Å². The Balaban J connectivity index is 2.20. The first kappa shape index (κ1) is 13.1. The summed E-state index contributed by atoms with van der Waals surface area (Å²) in [6.45, 7) is 2.39. The summed E-state index contributed by atoms with van der Waals surface area (Å²) < 4.78 is 5.04. The lowest BCUT2D eigenvalue weighted by molar-refractivity contribution is 0.161. The zero-order chi connectivity index (χ0) is 13.5. The first-order valence-electron chi connectivity index (χ1n) is 6.39. The summed E-state index contributed by atoms with van der Waals surface area (Å²) in [4.78, 5) is 11.6. The average molecular weight is 255 g/mol. The van der Waals surface area contributed by atoms with Crippen LogP contribution in [-0.4, -0.2) is 12.7 Å². The molecule has 0 aliphatic heterocycles. The van der Waals surface area contributed by atoms with Crippen molar-refractivity contribution in [3.05, 3.63) is 54.6 Å². The molecular weight excluding hydrogens is 238 g/mol. The van der Waals surface area contributed by atoms with E-state index < -0.39 is 6.09 Å². The number of nitrogens with one attached hydrogen (secondary N) is 1. The van der Waals surface area contributed by atoms with Crippen molar-refractivity contribution in [2.24, 2.45) is 0 Å². The van der Waals surface area contributed by atoms with E-state index in [4.69, 9.17) is 4.74 Å². The minimum absolute atomic E-state index is 0.412. The van der Waals surface area contributed by atoms with Crippen molar-refractivity contribution in [3.8, 4) is 11.1 Å². The average Bonchev–Trinajstić information content (AvgIpc) is 2.46. The van der Waals surface area contributed by atoms with Crippen molar-refractivity contribution in [2.75, 3.05) is 11.9 Å². The van der Waals surface area contributed by atoms with Gasteiger partial charge in [0.1, 0.15) is 0 Å². The van der Waals surface area contributed by atoms with Gasteiger partial charge in [-0.05, 0) is 18.1 Å². The third-order valence-corrected chi connectivity index (χ3v) is 2.69. The molecule has 1 amide bonds. The largest absolute Gasteiger partial charge is 0.449 e. The van der Waals surface area contributed by atoms with Gasteiger partial charge in [-0.25, -0.2) is 4.79 Å². The van der Waals surface area contributed by atoms with E-state index in [0.717, 1.165) is 23.2 Å². The van der Waals surface area contributed by atoms with Crippen molar-refractivity contribution in [1.82, 2.24) is 0 Å². The van der Waals surface area contributed by atoms with Crippen LogP contribution in [0, 0.1) is 0 Å². The number of ether oxygens (including phenoxy) is 1. The molecule has 98 valence electrons. The molecule has 0 aromatic heterocycles. The van der Waals surface area contributed by atoms with Crippen LogP contribution in [0.5, 0.6) is 0 Å². The van der Waals surface area contributed by atoms with Crippen molar-refractivity contribution in [2.45, 2.75) is 13.3 Å². The lowest BCUT2D eigenvalue weighted by atomic mass is 10.0. The molecule has 3 nitrogen and oxygen atoms in total. The van der Waals surface area contributed by atoms with Crippen LogP contribution >= 0.6 is 0 Å². The molecule has 0 spiro atoms. The van der Waals surface area contributed by atoms with Gasteiger partial charge in [-0.1, -0.05) is 55.5 Å². The predicted octanol–water partition coefficient (Wildman–Crippen LogP) is 4.31. The highest BCUT2D eigenvalue weighted by Crippen LogP contribution is 2.27. The summed E-state index contributed by atoms with van der Waals surface area (Å²) in [5, 5.41) is 2.78. The zero-order valence-electron chi connectivity index (χ0n) is 10.9. The maximum Gasteiger partial charge on any atom is 0.411 e. The quantitative estimate of drug-likeness (QED) is 0.884. The van der Waals surface area contributed by atoms with Crippen molar-refractivity contribution in [3.63, 3.8) is 0 Å². The molecule has 0 bridgehead atoms. The summed E-state index contributed by atoms with van der Waals surface area (Å²) in [6, 6.07) is 17.6. The van der Waals surface area contributed by atoms with Gasteiger partial charge in [-0.15, -0.1) is 0 Å². The first-order chi connectivity index (χ1) is 9.31. The molecule has 0 heterocycles. The van der Waals surface area contributed by atoms with E-state index in [9.17, 15) is 4.79 Å². The smallest absolute Gasteiger partial charge is 0.411 e. The number of amides is 1. The monoisotopic (exact) mass is 255 g/mol. The predicted molar refractivity (Wildman–Crippen MR) is 77.1 cm³/mol. The van der Waals surface area contributed by atoms with Gasteiger partial charge >= 0.3 is 6.09 Å². The zero-order valence-corrected chi connectivity index (χ0v) is 10.9. The second kappa shape index (κ2) is 6.59. The topological polar surface area (TPSA) is 38.3 Å². The van der Waals surface area contributed by atoms with Gasteiger partial charge in [0.05, 0.1) is 12.3 Å². The maximum absolute atomic E-state index is 11.6. The summed E-state index contributed by atoms with van der Waals surface area (Å²) in [5.74, 6) is 0. The molecule has 0 aliphatic rings. The van der Waals surface area contributed by atoms with E-state index in [1.807, 2.05) is 61.5 Å². The molecule has 0 fully saturated rings. The van der Waals surface area contributed by atoms with Gasteiger partial charge in [0.25, 0.3) is 0 Å². The van der Waals surface area contributed by atoms with Crippen LogP contribution in [0.1, 0.15) is 13.3 Å². The van der Waals surface area contributed by atoms with Crippen LogP contribution < -0.4 is 5.32 Å². The Morgan fingerprint density at radius 2 is 1.74 bits per heavy atom. The Labute approximate surface area is 113 Å². The molecule has 0 saturated heterocycles. The third kappa shape index (κ3) is 3.58. The normalized spacial score (nSPS) is 9.95. The number of benzene rings is 2. The van der Waals surface area contributed by atoms with Crippen LogP contribution in [-0.2, 0) is 4.74 Å². The number of para-hydroxylation sites is 1. The molecule has 0 saturated carbocycles. The molecule has 0 unspecified atom stereocenters. The Kier molecular flexibility index (Phi) is 4.56. The van der Waals surface area contributed by atoms with E-state index >= 15 is 0 Å². The highest BCUT2D eigenvalue weighted by atomic mass is 16.5. The SMILES string of the molecule is CCCOC(=O)Nc1ccccc1-c1ccccc1. The molecule has 0 atom stereocenters. The molecule has 2 rings (SSSR count). The fraction of sp³-hybridized carbons (Fsp3) is 0.188. The number of hydrogen-bond acceptors (Lipinski definition) is 2. The number of anilines is 1. The second-order valence-corrected chi connectivity index (χ2v) is 4.17. The van der Waals surface area contributed by atoms with Gasteiger partial charge in [0.2, 0.25) is 0 Å². The van der Waals surface area contributed by atoms with Crippen molar-refractivity contribution in [1.29, 1.82) is 0 Å². The van der Waals surface area contributed by atoms with Crippen LogP contribution in [0.2, 0.25) is 0 Å². The van der Waals surface area contributed by atoms with Gasteiger partial charge in [0, 0.05) is 5.56 Å². The summed E-state index contributed by atoms with van der Waals surface area (Å²) in [5.41, 5.74) is 2.81. The van der Waals surface area contributed by atoms with Crippen LogP contribution in [0.25, 0.3) is 11.1 Å². The molecule has 1 N–H and O–H groups in total. The standard InChI is InChI=1S/C16H17NO2/c1-2-12-19-16(18)17-15-11-7-6-10-14(15)13-8-4-3-5-9-13/h3-11H,2,12H2,1H3,(H,17,18). The van der Waals surface area contributed by atoms with Crippen LogP contribution in [0.3, 0.4) is 0 Å². The van der Waals surface area contributed by atoms with Crippen molar-refractivity contribution < 1.29 is 9.53 Å². The Bertz CT molecular complexity index is 537. The minimum Gasteiger partial charge on any atom is -0.449 e. The van der Waals surface area contributed by atoms with Crippen molar-refractivity contribution >= 4 is 11.8 Å². The number of hydrogen-bond donors (Lipinski definition) is 1. The molecule has 0 aliphatic carbocycles. The minimum atomic E-state index is -0.412. The van der Waals surface area contributed by atoms with E-state index in [2.05, 4.69) is 5.32 Å². The Morgan fingerprint density at radius 3 is 2.47 bits per heavy atom. The molecule has 2 aromatic carbocycles. The Morgan fingerprint density at radius 1 is 1.05 bits per heavy atom. The number of rotatable bonds is 4. The molecule has 3 heteroatoms. The second-order valence-electron chi connectivity index (χ2n) is 4.17. The number of carbonyl (C=O) groups is 1. The molecular formula is C16H17NO2. The van der Waals surface area contributed by atoms with E-state index in [0.29, 0.717) is 6.61 Å². The fourth-order valence-electron chi connectivity index (χ4n) is 1.80. The van der Waals surface area contributed by atoms with E-state index in [1.165, 1.54) is 0 Å². The lowest BCUT2D eigenvalue weighted by Gasteiger charge is -2.11. The lowest BCUT2D eigenvalue weighted by Crippen LogP contribution is -2.14. The molecule has 2 aromatic rings. The summed E-state index contributed by atoms with van der Waals surface area (Å²) in [6.07, 6.45) is 0.401. The van der Waals surface area contributed by atoms with Gasteiger partial charge < -0.3 is 4.74 Å². The molecule has 0 radical (unpaired) electrons. The summed E-state index contributed by atoms with van der Waals surface area (Å²) >= 11 is 0. The van der Waals surface area contributed by atoms with Gasteiger partial charge in [0.15, 0.2) is 0 Å². The van der Waals surface area contributed by atoms with E-state index in [-0.39, 0.29) is 0 Å². The van der Waals surface area contributed by atoms with Gasteiger partial charge in [-0.2, -0.15) is 0 Å². The highest BCUT2D eigenvalue weighted by Gasteiger charge is 2.08. The van der Waals surface area contributed by atoms with Crippen LogP contribution in [0.15, 0.2) is 54.6 Å². The number of carbonyl (C=O) groups excluding carboxylic acids is 1. The third-order valence-electron chi connectivity index (χ3n) is 2.69. The van der Waals surface area contributed by atoms with E-state index in [1.54, 1.807) is 0 Å².